The van der Waals surface area contributed by atoms with Crippen LogP contribution in [-0.4, -0.2) is 39.5 Å². The lowest BCUT2D eigenvalue weighted by Crippen LogP contribution is -2.14. The van der Waals surface area contributed by atoms with Gasteiger partial charge in [0.15, 0.2) is 0 Å². The molecule has 2 rings (SSSR count). The van der Waals surface area contributed by atoms with E-state index in [1.54, 1.807) is 6.07 Å². The molecule has 0 saturated heterocycles. The highest BCUT2D eigenvalue weighted by Gasteiger charge is 2.22. The Balaban J connectivity index is 2.67. The molecule has 0 aliphatic heterocycles. The van der Waals surface area contributed by atoms with E-state index in [1.807, 2.05) is 0 Å². The van der Waals surface area contributed by atoms with Gasteiger partial charge in [0.1, 0.15) is 23.9 Å². The highest BCUT2D eigenvalue weighted by atomic mass is 35.5. The minimum atomic E-state index is -0.639. The molecule has 0 N–H and O–H groups in total. The van der Waals surface area contributed by atoms with E-state index >= 15 is 0 Å². The third kappa shape index (κ3) is 3.80. The standard InChI is InChI=1S/C16H18ClNO6/c1-20-4-5-23-15-11(6-10(7-17)24-16(15)19)14-12(21-2)8-18-9-13(14)22-3/h6,8-9H,4-5,7H2,1-3H3. The molecule has 2 heterocycles. The Labute approximate surface area is 144 Å². The highest BCUT2D eigenvalue weighted by Crippen LogP contribution is 2.41. The second-order valence-corrected chi connectivity index (χ2v) is 4.90. The van der Waals surface area contributed by atoms with Crippen molar-refractivity contribution in [3.63, 3.8) is 0 Å². The van der Waals surface area contributed by atoms with Crippen molar-refractivity contribution >= 4 is 11.6 Å². The van der Waals surface area contributed by atoms with E-state index in [9.17, 15) is 4.79 Å². The number of halogens is 1. The Bertz CT molecular complexity index is 724. The van der Waals surface area contributed by atoms with Crippen molar-refractivity contribution in [2.75, 3.05) is 34.5 Å². The van der Waals surface area contributed by atoms with E-state index in [0.717, 1.165) is 0 Å². The summed E-state index contributed by atoms with van der Waals surface area (Å²) in [6.07, 6.45) is 3.04. The number of nitrogens with zero attached hydrogens (tertiary/aromatic N) is 1. The number of rotatable bonds is 8. The maximum Gasteiger partial charge on any atom is 0.379 e. The van der Waals surface area contributed by atoms with Crippen molar-refractivity contribution in [1.82, 2.24) is 4.98 Å². The van der Waals surface area contributed by atoms with Crippen molar-refractivity contribution < 1.29 is 23.4 Å². The molecule has 2 aromatic rings. The zero-order valence-corrected chi connectivity index (χ0v) is 14.4. The number of ether oxygens (including phenoxy) is 4. The van der Waals surface area contributed by atoms with Gasteiger partial charge in [-0.15, -0.1) is 11.6 Å². The number of methoxy groups -OCH3 is 3. The minimum Gasteiger partial charge on any atom is -0.494 e. The monoisotopic (exact) mass is 355 g/mol. The second-order valence-electron chi connectivity index (χ2n) is 4.64. The Morgan fingerprint density at radius 3 is 2.33 bits per heavy atom. The molecule has 0 aromatic carbocycles. The second kappa shape index (κ2) is 8.56. The number of pyridine rings is 1. The number of alkyl halides is 1. The first-order valence-corrected chi connectivity index (χ1v) is 7.60. The van der Waals surface area contributed by atoms with Crippen LogP contribution in [0.25, 0.3) is 11.1 Å². The van der Waals surface area contributed by atoms with Crippen molar-refractivity contribution in [2.45, 2.75) is 5.88 Å². The lowest BCUT2D eigenvalue weighted by Gasteiger charge is -2.16. The Kier molecular flexibility index (Phi) is 6.45. The Morgan fingerprint density at radius 1 is 1.12 bits per heavy atom. The molecule has 0 spiro atoms. The Hall–Kier alpha value is -2.25. The van der Waals surface area contributed by atoms with Crippen LogP contribution in [0.3, 0.4) is 0 Å². The highest BCUT2D eigenvalue weighted by molar-refractivity contribution is 6.16. The van der Waals surface area contributed by atoms with Gasteiger partial charge in [0.05, 0.1) is 44.7 Å². The summed E-state index contributed by atoms with van der Waals surface area (Å²) in [5.41, 5.74) is 0.343. The van der Waals surface area contributed by atoms with Crippen LogP contribution in [0.4, 0.5) is 0 Å². The van der Waals surface area contributed by atoms with E-state index in [2.05, 4.69) is 4.98 Å². The maximum atomic E-state index is 12.3. The molecule has 0 saturated carbocycles. The van der Waals surface area contributed by atoms with Gasteiger partial charge >= 0.3 is 5.63 Å². The summed E-state index contributed by atoms with van der Waals surface area (Å²) in [5, 5.41) is 0. The molecule has 0 amide bonds. The van der Waals surface area contributed by atoms with E-state index in [4.69, 9.17) is 35.0 Å². The molecule has 0 bridgehead atoms. The van der Waals surface area contributed by atoms with Crippen molar-refractivity contribution in [1.29, 1.82) is 0 Å². The summed E-state index contributed by atoms with van der Waals surface area (Å²) in [5.74, 6) is 1.23. The van der Waals surface area contributed by atoms with Crippen molar-refractivity contribution in [2.24, 2.45) is 0 Å². The van der Waals surface area contributed by atoms with E-state index in [0.29, 0.717) is 35.0 Å². The molecule has 7 nitrogen and oxygen atoms in total. The summed E-state index contributed by atoms with van der Waals surface area (Å²) in [4.78, 5) is 16.3. The van der Waals surface area contributed by atoms with Crippen molar-refractivity contribution in [3.05, 3.63) is 34.6 Å². The predicted molar refractivity (Wildman–Crippen MR) is 88.2 cm³/mol. The molecule has 0 fully saturated rings. The predicted octanol–water partition coefficient (Wildman–Crippen LogP) is 2.48. The van der Waals surface area contributed by atoms with Gasteiger partial charge in [-0.2, -0.15) is 0 Å². The smallest absolute Gasteiger partial charge is 0.379 e. The third-order valence-electron chi connectivity index (χ3n) is 3.21. The van der Waals surface area contributed by atoms with Crippen LogP contribution in [0.15, 0.2) is 27.7 Å². The summed E-state index contributed by atoms with van der Waals surface area (Å²) >= 11 is 5.82. The summed E-state index contributed by atoms with van der Waals surface area (Å²) < 4.78 is 26.3. The Morgan fingerprint density at radius 2 is 1.79 bits per heavy atom. The molecule has 24 heavy (non-hydrogen) atoms. The fourth-order valence-electron chi connectivity index (χ4n) is 2.14. The van der Waals surface area contributed by atoms with Gasteiger partial charge in [-0.05, 0) is 6.07 Å². The maximum absolute atomic E-state index is 12.3. The van der Waals surface area contributed by atoms with Crippen LogP contribution in [0.5, 0.6) is 17.2 Å². The van der Waals surface area contributed by atoms with Crippen LogP contribution >= 0.6 is 11.6 Å². The zero-order valence-electron chi connectivity index (χ0n) is 13.6. The molecule has 0 aliphatic rings. The first kappa shape index (κ1) is 18.1. The molecule has 0 radical (unpaired) electrons. The molecule has 130 valence electrons. The average Bonchev–Trinajstić information content (AvgIpc) is 2.62. The first-order valence-electron chi connectivity index (χ1n) is 7.07. The molecule has 2 aromatic heterocycles. The largest absolute Gasteiger partial charge is 0.494 e. The van der Waals surface area contributed by atoms with Crippen LogP contribution in [0.2, 0.25) is 0 Å². The van der Waals surface area contributed by atoms with Gasteiger partial charge in [0.25, 0.3) is 0 Å². The zero-order chi connectivity index (χ0) is 17.5. The molecular formula is C16H18ClNO6. The molecule has 0 unspecified atom stereocenters. The van der Waals surface area contributed by atoms with E-state index < -0.39 is 5.63 Å². The SMILES string of the molecule is COCCOc1c(-c2c(OC)cncc2OC)cc(CCl)oc1=O. The van der Waals surface area contributed by atoms with Crippen molar-refractivity contribution in [3.8, 4) is 28.4 Å². The van der Waals surface area contributed by atoms with E-state index in [1.165, 1.54) is 33.7 Å². The lowest BCUT2D eigenvalue weighted by molar-refractivity contribution is 0.144. The molecule has 8 heteroatoms. The number of hydrogen-bond acceptors (Lipinski definition) is 7. The molecule has 0 atom stereocenters. The van der Waals surface area contributed by atoms with Gasteiger partial charge in [-0.3, -0.25) is 4.98 Å². The third-order valence-corrected chi connectivity index (χ3v) is 3.47. The van der Waals surface area contributed by atoms with Gasteiger partial charge in [0, 0.05) is 12.7 Å². The minimum absolute atomic E-state index is 0.0312. The van der Waals surface area contributed by atoms with Crippen LogP contribution in [0, 0.1) is 0 Å². The summed E-state index contributed by atoms with van der Waals surface area (Å²) in [7, 11) is 4.54. The van der Waals surface area contributed by atoms with Gasteiger partial charge in [-0.1, -0.05) is 0 Å². The molecule has 0 aliphatic carbocycles. The fourth-order valence-corrected chi connectivity index (χ4v) is 2.28. The normalized spacial score (nSPS) is 10.5. The topological polar surface area (TPSA) is 80.0 Å². The van der Waals surface area contributed by atoms with Gasteiger partial charge < -0.3 is 23.4 Å². The number of aromatic nitrogens is 1. The van der Waals surface area contributed by atoms with Gasteiger partial charge in [-0.25, -0.2) is 4.79 Å². The van der Waals surface area contributed by atoms with Crippen LogP contribution in [-0.2, 0) is 10.6 Å². The molecular weight excluding hydrogens is 338 g/mol. The van der Waals surface area contributed by atoms with Crippen LogP contribution in [0.1, 0.15) is 5.76 Å². The quantitative estimate of drug-likeness (QED) is 0.531. The van der Waals surface area contributed by atoms with Gasteiger partial charge in [0.2, 0.25) is 5.75 Å². The summed E-state index contributed by atoms with van der Waals surface area (Å²) in [6, 6.07) is 1.62. The van der Waals surface area contributed by atoms with Crippen LogP contribution < -0.4 is 19.8 Å². The summed E-state index contributed by atoms with van der Waals surface area (Å²) in [6.45, 7) is 0.505. The lowest BCUT2D eigenvalue weighted by atomic mass is 10.0. The first-order chi connectivity index (χ1) is 11.7. The van der Waals surface area contributed by atoms with E-state index in [-0.39, 0.29) is 18.2 Å². The average molecular weight is 356 g/mol. The fraction of sp³-hybridized carbons (Fsp3) is 0.375. The number of hydrogen-bond donors (Lipinski definition) is 0.